The number of fused-ring (bicyclic) bond motifs is 1. The summed E-state index contributed by atoms with van der Waals surface area (Å²) >= 11 is 0. The fourth-order valence-electron chi connectivity index (χ4n) is 4.03. The van der Waals surface area contributed by atoms with Crippen LogP contribution in [0.25, 0.3) is 5.52 Å². The third kappa shape index (κ3) is 4.28. The van der Waals surface area contributed by atoms with Crippen LogP contribution in [0.15, 0.2) is 54.9 Å². The van der Waals surface area contributed by atoms with Gasteiger partial charge >= 0.3 is 6.18 Å². The zero-order chi connectivity index (χ0) is 20.4. The number of benzene rings is 1. The molecule has 0 bridgehead atoms. The number of amides is 1. The number of carbonyl (C=O) groups is 1. The minimum absolute atomic E-state index is 0.0324. The summed E-state index contributed by atoms with van der Waals surface area (Å²) in [5, 5.41) is 4.23. The molecule has 0 aliphatic carbocycles. The van der Waals surface area contributed by atoms with Crippen LogP contribution in [0.5, 0.6) is 0 Å². The fourth-order valence-corrected chi connectivity index (χ4v) is 4.03. The standard InChI is InChI=1S/C22H22F3N3O/c23-22(24,25)18-7-3-5-16(13-18)9-10-17-6-4-11-27(15-17)21(29)19-14-26-28-12-2-1-8-20(19)28/h1-3,5,7-8,12-14,17H,4,6,9-11,15H2/t17-/m0/s1. The second-order valence-corrected chi connectivity index (χ2v) is 7.58. The SMILES string of the molecule is O=C(c1cnn2ccccc12)N1CCC[C@@H](CCc2cccc(C(F)(F)F)c2)C1. The van der Waals surface area contributed by atoms with Crippen LogP contribution in [0, 0.1) is 5.92 Å². The molecule has 3 aromatic rings. The van der Waals surface area contributed by atoms with E-state index >= 15 is 0 Å². The Kier molecular flexibility index (Phi) is 5.30. The molecule has 4 nitrogen and oxygen atoms in total. The molecular weight excluding hydrogens is 379 g/mol. The fraction of sp³-hybridized carbons (Fsp3) is 0.364. The molecule has 0 spiro atoms. The molecule has 0 radical (unpaired) electrons. The smallest absolute Gasteiger partial charge is 0.338 e. The third-order valence-electron chi connectivity index (χ3n) is 5.56. The van der Waals surface area contributed by atoms with E-state index in [1.165, 1.54) is 12.1 Å². The number of piperidine rings is 1. The lowest BCUT2D eigenvalue weighted by molar-refractivity contribution is -0.137. The molecule has 0 N–H and O–H groups in total. The number of aryl methyl sites for hydroxylation is 1. The van der Waals surface area contributed by atoms with Gasteiger partial charge in [-0.25, -0.2) is 4.52 Å². The lowest BCUT2D eigenvalue weighted by Crippen LogP contribution is -2.40. The zero-order valence-corrected chi connectivity index (χ0v) is 15.9. The molecule has 29 heavy (non-hydrogen) atoms. The average molecular weight is 401 g/mol. The summed E-state index contributed by atoms with van der Waals surface area (Å²) in [6.07, 6.45) is 2.31. The van der Waals surface area contributed by atoms with Gasteiger partial charge in [-0.2, -0.15) is 18.3 Å². The number of halogens is 3. The number of hydrogen-bond acceptors (Lipinski definition) is 2. The van der Waals surface area contributed by atoms with Gasteiger partial charge < -0.3 is 4.90 Å². The van der Waals surface area contributed by atoms with Crippen molar-refractivity contribution in [1.82, 2.24) is 14.5 Å². The Hall–Kier alpha value is -2.83. The van der Waals surface area contributed by atoms with Crippen LogP contribution in [0.3, 0.4) is 0 Å². The number of aromatic nitrogens is 2. The molecule has 1 aliphatic rings. The molecule has 152 valence electrons. The number of nitrogens with zero attached hydrogens (tertiary/aromatic N) is 3. The van der Waals surface area contributed by atoms with Crippen LogP contribution >= 0.6 is 0 Å². The van der Waals surface area contributed by atoms with Gasteiger partial charge in [-0.05, 0) is 55.4 Å². The molecule has 1 aliphatic heterocycles. The lowest BCUT2D eigenvalue weighted by atomic mass is 9.91. The molecule has 3 heterocycles. The summed E-state index contributed by atoms with van der Waals surface area (Å²) in [7, 11) is 0. The molecule has 4 rings (SSSR count). The van der Waals surface area contributed by atoms with Crippen LogP contribution in [0.2, 0.25) is 0 Å². The lowest BCUT2D eigenvalue weighted by Gasteiger charge is -2.32. The highest BCUT2D eigenvalue weighted by molar-refractivity contribution is 6.00. The van der Waals surface area contributed by atoms with Crippen molar-refractivity contribution in [3.63, 3.8) is 0 Å². The van der Waals surface area contributed by atoms with Crippen molar-refractivity contribution in [1.29, 1.82) is 0 Å². The molecule has 0 unspecified atom stereocenters. The summed E-state index contributed by atoms with van der Waals surface area (Å²) < 4.78 is 40.4. The van der Waals surface area contributed by atoms with E-state index in [9.17, 15) is 18.0 Å². The van der Waals surface area contributed by atoms with Crippen LogP contribution in [0.1, 0.15) is 40.7 Å². The van der Waals surface area contributed by atoms with Gasteiger partial charge in [0.25, 0.3) is 5.91 Å². The van der Waals surface area contributed by atoms with Crippen molar-refractivity contribution in [3.05, 3.63) is 71.5 Å². The Morgan fingerprint density at radius 2 is 2.03 bits per heavy atom. The predicted octanol–water partition coefficient (Wildman–Crippen LogP) is 4.84. The van der Waals surface area contributed by atoms with Gasteiger partial charge in [0, 0.05) is 19.3 Å². The van der Waals surface area contributed by atoms with Crippen LogP contribution in [0.4, 0.5) is 13.2 Å². The second-order valence-electron chi connectivity index (χ2n) is 7.58. The topological polar surface area (TPSA) is 37.6 Å². The summed E-state index contributed by atoms with van der Waals surface area (Å²) in [5.74, 6) is 0.249. The van der Waals surface area contributed by atoms with Gasteiger partial charge in [0.05, 0.1) is 22.8 Å². The van der Waals surface area contributed by atoms with Crippen molar-refractivity contribution in [2.45, 2.75) is 31.9 Å². The number of hydrogen-bond donors (Lipinski definition) is 0. The first-order valence-corrected chi connectivity index (χ1v) is 9.79. The van der Waals surface area contributed by atoms with Gasteiger partial charge in [0.1, 0.15) is 0 Å². The summed E-state index contributed by atoms with van der Waals surface area (Å²) in [6.45, 7) is 1.32. The van der Waals surface area contributed by atoms with E-state index < -0.39 is 11.7 Å². The predicted molar refractivity (Wildman–Crippen MR) is 104 cm³/mol. The van der Waals surface area contributed by atoms with E-state index in [4.69, 9.17) is 0 Å². The highest BCUT2D eigenvalue weighted by Crippen LogP contribution is 2.30. The Morgan fingerprint density at radius 3 is 2.86 bits per heavy atom. The number of rotatable bonds is 4. The molecule has 1 aromatic carbocycles. The molecular formula is C22H22F3N3O. The number of carbonyl (C=O) groups excluding carboxylic acids is 1. The van der Waals surface area contributed by atoms with E-state index in [0.717, 1.165) is 30.8 Å². The van der Waals surface area contributed by atoms with E-state index in [0.29, 0.717) is 30.6 Å². The largest absolute Gasteiger partial charge is 0.416 e. The Bertz CT molecular complexity index is 1010. The Morgan fingerprint density at radius 1 is 1.17 bits per heavy atom. The van der Waals surface area contributed by atoms with E-state index in [2.05, 4.69) is 5.10 Å². The molecule has 1 amide bonds. The quantitative estimate of drug-likeness (QED) is 0.628. The monoisotopic (exact) mass is 401 g/mol. The number of likely N-dealkylation sites (tertiary alicyclic amines) is 1. The zero-order valence-electron chi connectivity index (χ0n) is 15.9. The van der Waals surface area contributed by atoms with Crippen LogP contribution < -0.4 is 0 Å². The van der Waals surface area contributed by atoms with Gasteiger partial charge in [-0.3, -0.25) is 4.79 Å². The van der Waals surface area contributed by atoms with E-state index in [1.54, 1.807) is 23.0 Å². The summed E-state index contributed by atoms with van der Waals surface area (Å²) in [5.41, 5.74) is 1.45. The highest BCUT2D eigenvalue weighted by Gasteiger charge is 2.30. The first-order chi connectivity index (χ1) is 13.9. The van der Waals surface area contributed by atoms with Crippen molar-refractivity contribution in [3.8, 4) is 0 Å². The van der Waals surface area contributed by atoms with Gasteiger partial charge in [0.15, 0.2) is 0 Å². The first-order valence-electron chi connectivity index (χ1n) is 9.79. The normalized spacial score (nSPS) is 17.6. The minimum atomic E-state index is -4.32. The maximum Gasteiger partial charge on any atom is 0.416 e. The Labute approximate surface area is 166 Å². The van der Waals surface area contributed by atoms with Crippen molar-refractivity contribution < 1.29 is 18.0 Å². The second kappa shape index (κ2) is 7.89. The average Bonchev–Trinajstić information content (AvgIpc) is 3.16. The van der Waals surface area contributed by atoms with E-state index in [1.807, 2.05) is 23.1 Å². The van der Waals surface area contributed by atoms with Crippen molar-refractivity contribution >= 4 is 11.4 Å². The first kappa shape index (κ1) is 19.5. The van der Waals surface area contributed by atoms with Gasteiger partial charge in [-0.15, -0.1) is 0 Å². The summed E-state index contributed by atoms with van der Waals surface area (Å²) in [6, 6.07) is 11.1. The van der Waals surface area contributed by atoms with Gasteiger partial charge in [-0.1, -0.05) is 24.3 Å². The minimum Gasteiger partial charge on any atom is -0.338 e. The van der Waals surface area contributed by atoms with Crippen LogP contribution in [-0.2, 0) is 12.6 Å². The molecule has 0 saturated carbocycles. The molecule has 1 atom stereocenters. The van der Waals surface area contributed by atoms with Gasteiger partial charge in [0.2, 0.25) is 0 Å². The van der Waals surface area contributed by atoms with Crippen molar-refractivity contribution in [2.75, 3.05) is 13.1 Å². The molecule has 7 heteroatoms. The number of alkyl halides is 3. The van der Waals surface area contributed by atoms with Crippen molar-refractivity contribution in [2.24, 2.45) is 5.92 Å². The van der Waals surface area contributed by atoms with E-state index in [-0.39, 0.29) is 11.8 Å². The molecule has 1 saturated heterocycles. The summed E-state index contributed by atoms with van der Waals surface area (Å²) in [4.78, 5) is 14.8. The Balaban J connectivity index is 1.40. The van der Waals surface area contributed by atoms with Crippen LogP contribution in [-0.4, -0.2) is 33.5 Å². The number of pyridine rings is 1. The maximum atomic E-state index is 13.0. The maximum absolute atomic E-state index is 13.0. The molecule has 2 aromatic heterocycles. The molecule has 1 fully saturated rings. The third-order valence-corrected chi connectivity index (χ3v) is 5.56. The highest BCUT2D eigenvalue weighted by atomic mass is 19.4.